The van der Waals surface area contributed by atoms with Gasteiger partial charge in [0.05, 0.1) is 10.0 Å². The fraction of sp³-hybridized carbons (Fsp3) is 0.571. The first-order valence-electron chi connectivity index (χ1n) is 6.59. The Morgan fingerprint density at radius 2 is 1.85 bits per heavy atom. The summed E-state index contributed by atoms with van der Waals surface area (Å²) in [6.45, 7) is 0. The van der Waals surface area contributed by atoms with Crippen LogP contribution < -0.4 is 5.73 Å². The van der Waals surface area contributed by atoms with Crippen molar-refractivity contribution in [2.45, 2.75) is 43.8 Å². The zero-order chi connectivity index (χ0) is 14.7. The Labute approximate surface area is 125 Å². The van der Waals surface area contributed by atoms with Crippen molar-refractivity contribution >= 4 is 23.2 Å². The van der Waals surface area contributed by atoms with E-state index in [9.17, 15) is 13.9 Å². The van der Waals surface area contributed by atoms with E-state index in [1.54, 1.807) is 0 Å². The summed E-state index contributed by atoms with van der Waals surface area (Å²) < 4.78 is 28.5. The van der Waals surface area contributed by atoms with Gasteiger partial charge in [0.15, 0.2) is 11.6 Å². The summed E-state index contributed by atoms with van der Waals surface area (Å²) in [5.74, 6) is -1.44. The predicted octanol–water partition coefficient (Wildman–Crippen LogP) is 4.51. The van der Waals surface area contributed by atoms with E-state index in [0.29, 0.717) is 32.1 Å². The highest BCUT2D eigenvalue weighted by molar-refractivity contribution is 6.42. The van der Waals surface area contributed by atoms with Crippen molar-refractivity contribution < 1.29 is 13.9 Å². The first-order valence-corrected chi connectivity index (χ1v) is 7.34. The highest BCUT2D eigenvalue weighted by Crippen LogP contribution is 2.63. The molecule has 2 saturated carbocycles. The third kappa shape index (κ3) is 1.92. The van der Waals surface area contributed by atoms with Crippen molar-refractivity contribution in [2.75, 3.05) is 0 Å². The molecule has 3 rings (SSSR count). The van der Waals surface area contributed by atoms with Gasteiger partial charge in [-0.25, -0.2) is 8.78 Å². The third-order valence-electron chi connectivity index (χ3n) is 4.95. The number of halogens is 4. The van der Waals surface area contributed by atoms with Crippen LogP contribution >= 0.6 is 23.2 Å². The molecule has 0 heterocycles. The van der Waals surface area contributed by atoms with Gasteiger partial charge in [0, 0.05) is 17.7 Å². The molecular formula is C14H15Cl2F2NO. The predicted molar refractivity (Wildman–Crippen MR) is 74.4 cm³/mol. The number of benzene rings is 1. The number of aromatic hydroxyl groups is 1. The Balaban J connectivity index is 2.06. The van der Waals surface area contributed by atoms with E-state index in [1.807, 2.05) is 0 Å². The molecule has 1 aromatic rings. The maximum absolute atomic E-state index is 14.3. The standard InChI is InChI=1S/C14H15Cl2F2NO/c15-7-5-8(20)11(17)9(10(7)16)12(19)13-1-3-14(18,6-13)4-2-13/h5,12,20H,1-4,6,19H2/t12-,13?,14?/m1/s1. The number of phenols is 1. The topological polar surface area (TPSA) is 46.2 Å². The minimum absolute atomic E-state index is 0.00261. The zero-order valence-electron chi connectivity index (χ0n) is 10.7. The molecule has 110 valence electrons. The molecule has 0 radical (unpaired) electrons. The van der Waals surface area contributed by atoms with Crippen molar-refractivity contribution in [1.82, 2.24) is 0 Å². The molecule has 2 aliphatic carbocycles. The fourth-order valence-electron chi connectivity index (χ4n) is 3.79. The molecule has 0 aromatic heterocycles. The molecule has 2 bridgehead atoms. The van der Waals surface area contributed by atoms with Crippen LogP contribution in [-0.2, 0) is 0 Å². The molecule has 6 heteroatoms. The van der Waals surface area contributed by atoms with Crippen molar-refractivity contribution in [2.24, 2.45) is 11.1 Å². The van der Waals surface area contributed by atoms with Crippen LogP contribution in [0.4, 0.5) is 8.78 Å². The molecule has 0 aliphatic heterocycles. The second-order valence-electron chi connectivity index (χ2n) is 6.09. The van der Waals surface area contributed by atoms with Crippen molar-refractivity contribution in [3.05, 3.63) is 27.5 Å². The molecule has 0 spiro atoms. The Hall–Kier alpha value is -0.580. The first kappa shape index (κ1) is 14.4. The van der Waals surface area contributed by atoms with Gasteiger partial charge in [-0.2, -0.15) is 0 Å². The maximum Gasteiger partial charge on any atom is 0.171 e. The van der Waals surface area contributed by atoms with Gasteiger partial charge in [-0.1, -0.05) is 23.2 Å². The van der Waals surface area contributed by atoms with Crippen LogP contribution in [0.25, 0.3) is 0 Å². The molecule has 2 nitrogen and oxygen atoms in total. The monoisotopic (exact) mass is 321 g/mol. The van der Waals surface area contributed by atoms with Crippen molar-refractivity contribution in [3.8, 4) is 5.75 Å². The number of hydrogen-bond donors (Lipinski definition) is 2. The Kier molecular flexibility index (Phi) is 3.20. The van der Waals surface area contributed by atoms with E-state index in [-0.39, 0.29) is 15.6 Å². The van der Waals surface area contributed by atoms with Crippen molar-refractivity contribution in [3.63, 3.8) is 0 Å². The summed E-state index contributed by atoms with van der Waals surface area (Å²) in [6.07, 6.45) is 2.44. The van der Waals surface area contributed by atoms with Crippen LogP contribution in [0.15, 0.2) is 6.07 Å². The summed E-state index contributed by atoms with van der Waals surface area (Å²) in [5.41, 5.74) is 4.54. The van der Waals surface area contributed by atoms with Gasteiger partial charge >= 0.3 is 0 Å². The average molecular weight is 322 g/mol. The van der Waals surface area contributed by atoms with Gasteiger partial charge in [-0.15, -0.1) is 0 Å². The summed E-state index contributed by atoms with van der Waals surface area (Å²) in [6, 6.07) is 0.287. The Morgan fingerprint density at radius 3 is 2.35 bits per heavy atom. The van der Waals surface area contributed by atoms with Crippen LogP contribution in [0.5, 0.6) is 5.75 Å². The van der Waals surface area contributed by atoms with Crippen LogP contribution in [0.3, 0.4) is 0 Å². The van der Waals surface area contributed by atoms with E-state index in [4.69, 9.17) is 28.9 Å². The number of nitrogens with two attached hydrogens (primary N) is 1. The van der Waals surface area contributed by atoms with Gasteiger partial charge in [0.1, 0.15) is 5.67 Å². The molecular weight excluding hydrogens is 307 g/mol. The highest BCUT2D eigenvalue weighted by atomic mass is 35.5. The zero-order valence-corrected chi connectivity index (χ0v) is 12.2. The summed E-state index contributed by atoms with van der Waals surface area (Å²) in [4.78, 5) is 0. The molecule has 0 saturated heterocycles. The average Bonchev–Trinajstić information content (AvgIpc) is 2.91. The summed E-state index contributed by atoms with van der Waals surface area (Å²) in [5, 5.41) is 9.62. The number of rotatable bonds is 2. The number of phenolic OH excluding ortho intramolecular Hbond substituents is 1. The number of hydrogen-bond acceptors (Lipinski definition) is 2. The fourth-order valence-corrected chi connectivity index (χ4v) is 4.25. The summed E-state index contributed by atoms with van der Waals surface area (Å²) >= 11 is 11.9. The molecule has 3 N–H and O–H groups in total. The minimum Gasteiger partial charge on any atom is -0.505 e. The molecule has 2 fully saturated rings. The third-order valence-corrected chi connectivity index (χ3v) is 5.75. The second-order valence-corrected chi connectivity index (χ2v) is 6.87. The number of fused-ring (bicyclic) bond motifs is 2. The SMILES string of the molecule is N[C@H](c1c(F)c(O)cc(Cl)c1Cl)C12CCC(F)(CC1)C2. The summed E-state index contributed by atoms with van der Waals surface area (Å²) in [7, 11) is 0. The van der Waals surface area contributed by atoms with E-state index in [0.717, 1.165) is 6.07 Å². The quantitative estimate of drug-likeness (QED) is 0.787. The smallest absolute Gasteiger partial charge is 0.171 e. The van der Waals surface area contributed by atoms with Crippen LogP contribution in [-0.4, -0.2) is 10.8 Å². The minimum atomic E-state index is -1.18. The molecule has 20 heavy (non-hydrogen) atoms. The molecule has 1 atom stereocenters. The molecule has 2 aliphatic rings. The molecule has 1 aromatic carbocycles. The highest BCUT2D eigenvalue weighted by Gasteiger charge is 2.58. The van der Waals surface area contributed by atoms with E-state index in [1.165, 1.54) is 0 Å². The van der Waals surface area contributed by atoms with E-state index >= 15 is 0 Å². The van der Waals surface area contributed by atoms with Crippen LogP contribution in [0.1, 0.15) is 43.7 Å². The van der Waals surface area contributed by atoms with Gasteiger partial charge in [0.25, 0.3) is 0 Å². The van der Waals surface area contributed by atoms with E-state index < -0.39 is 28.7 Å². The maximum atomic E-state index is 14.3. The normalized spacial score (nSPS) is 33.6. The van der Waals surface area contributed by atoms with Gasteiger partial charge in [-0.05, 0) is 37.5 Å². The van der Waals surface area contributed by atoms with Crippen LogP contribution in [0.2, 0.25) is 10.0 Å². The lowest BCUT2D eigenvalue weighted by Gasteiger charge is -2.34. The Bertz CT molecular complexity index is 545. The van der Waals surface area contributed by atoms with E-state index in [2.05, 4.69) is 0 Å². The van der Waals surface area contributed by atoms with Crippen molar-refractivity contribution in [1.29, 1.82) is 0 Å². The lowest BCUT2D eigenvalue weighted by atomic mass is 9.74. The first-order chi connectivity index (χ1) is 9.28. The second kappa shape index (κ2) is 4.46. The lowest BCUT2D eigenvalue weighted by Crippen LogP contribution is -2.32. The van der Waals surface area contributed by atoms with Crippen LogP contribution in [0, 0.1) is 11.2 Å². The van der Waals surface area contributed by atoms with Gasteiger partial charge in [-0.3, -0.25) is 0 Å². The number of alkyl halides is 1. The largest absolute Gasteiger partial charge is 0.505 e. The van der Waals surface area contributed by atoms with Gasteiger partial charge in [0.2, 0.25) is 0 Å². The van der Waals surface area contributed by atoms with Gasteiger partial charge < -0.3 is 10.8 Å². The molecule has 0 amide bonds. The Morgan fingerprint density at radius 1 is 1.25 bits per heavy atom. The lowest BCUT2D eigenvalue weighted by molar-refractivity contribution is 0.175. The molecule has 0 unspecified atom stereocenters.